The van der Waals surface area contributed by atoms with Gasteiger partial charge in [-0.1, -0.05) is 25.0 Å². The molecule has 38 heavy (non-hydrogen) atoms. The summed E-state index contributed by atoms with van der Waals surface area (Å²) in [6.07, 6.45) is 7.74. The van der Waals surface area contributed by atoms with Crippen LogP contribution in [0.15, 0.2) is 48.8 Å². The lowest BCUT2D eigenvalue weighted by atomic mass is 9.86. The number of nitrogens with zero attached hydrogens (tertiary/aromatic N) is 3. The van der Waals surface area contributed by atoms with Gasteiger partial charge in [-0.15, -0.1) is 0 Å². The molecule has 2 aliphatic heterocycles. The van der Waals surface area contributed by atoms with Gasteiger partial charge < -0.3 is 10.0 Å². The first-order valence-electron chi connectivity index (χ1n) is 14.0. The highest BCUT2D eigenvalue weighted by Gasteiger charge is 2.42. The summed E-state index contributed by atoms with van der Waals surface area (Å²) < 4.78 is 43.3. The number of piperidine rings is 1. The zero-order valence-electron chi connectivity index (χ0n) is 21.8. The molecule has 0 radical (unpaired) electrons. The van der Waals surface area contributed by atoms with Gasteiger partial charge in [-0.25, -0.2) is 13.2 Å². The fourth-order valence-electron chi connectivity index (χ4n) is 6.43. The topological polar surface area (TPSA) is 56.7 Å². The smallest absolute Gasteiger partial charge is 0.320 e. The van der Waals surface area contributed by atoms with Crippen LogP contribution in [0.3, 0.4) is 0 Å². The van der Waals surface area contributed by atoms with E-state index in [4.69, 9.17) is 0 Å². The Hall–Kier alpha value is -2.45. The summed E-state index contributed by atoms with van der Waals surface area (Å²) in [7, 11) is 0. The second kappa shape index (κ2) is 11.7. The van der Waals surface area contributed by atoms with Gasteiger partial charge >= 0.3 is 5.97 Å². The molecular weight excluding hydrogens is 491 g/mol. The average molecular weight is 530 g/mol. The van der Waals surface area contributed by atoms with Crippen LogP contribution in [0.5, 0.6) is 0 Å². The normalized spacial score (nSPS) is 24.5. The number of carboxylic acids is 1. The standard InChI is InChI=1S/C30H38F3N3O2/c31-26-5-1-3-23(16-26)27-20-36(28(29(37)38)15-22-6-7-22)19-24(27)18-35-13-9-21(10-14-35)8-11-30(32,33)25-4-2-12-34-17-25/h1-5,12,16-17,21-22,24,27-28H,6-11,13-15,18-20H2,(H,37,38)/t24?,27?,28-/m1/s1. The number of hydrogen-bond acceptors (Lipinski definition) is 4. The van der Waals surface area contributed by atoms with E-state index in [0.29, 0.717) is 31.8 Å². The second-order valence-electron chi connectivity index (χ2n) is 11.6. The van der Waals surface area contributed by atoms with Crippen LogP contribution < -0.4 is 0 Å². The van der Waals surface area contributed by atoms with Gasteiger partial charge in [0.15, 0.2) is 0 Å². The fraction of sp³-hybridized carbons (Fsp3) is 0.600. The summed E-state index contributed by atoms with van der Waals surface area (Å²) in [5, 5.41) is 9.96. The first kappa shape index (κ1) is 27.1. The molecule has 5 rings (SSSR count). The number of carbonyl (C=O) groups is 1. The van der Waals surface area contributed by atoms with Crippen molar-refractivity contribution in [2.24, 2.45) is 17.8 Å². The Balaban J connectivity index is 1.18. The molecule has 1 aliphatic carbocycles. The van der Waals surface area contributed by atoms with Crippen LogP contribution in [0, 0.1) is 23.6 Å². The third-order valence-electron chi connectivity index (χ3n) is 8.88. The monoisotopic (exact) mass is 529 g/mol. The number of aromatic nitrogens is 1. The first-order chi connectivity index (χ1) is 18.3. The zero-order valence-corrected chi connectivity index (χ0v) is 21.8. The summed E-state index contributed by atoms with van der Waals surface area (Å²) in [5.41, 5.74) is 0.911. The fourth-order valence-corrected chi connectivity index (χ4v) is 6.43. The largest absolute Gasteiger partial charge is 0.480 e. The highest BCUT2D eigenvalue weighted by atomic mass is 19.3. The lowest BCUT2D eigenvalue weighted by molar-refractivity contribution is -0.143. The van der Waals surface area contributed by atoms with Crippen molar-refractivity contribution in [3.05, 3.63) is 65.7 Å². The summed E-state index contributed by atoms with van der Waals surface area (Å²) in [6.45, 7) is 3.81. The second-order valence-corrected chi connectivity index (χ2v) is 11.6. The Morgan fingerprint density at radius 1 is 1.08 bits per heavy atom. The molecule has 3 heterocycles. The minimum atomic E-state index is -2.86. The van der Waals surface area contributed by atoms with E-state index < -0.39 is 17.9 Å². The van der Waals surface area contributed by atoms with Crippen molar-refractivity contribution in [2.45, 2.75) is 62.8 Å². The SMILES string of the molecule is O=C(O)[C@@H](CC1CC1)N1CC(CN2CCC(CCC(F)(F)c3cccnc3)CC2)C(c2cccc(F)c2)C1. The van der Waals surface area contributed by atoms with Gasteiger partial charge in [0.25, 0.3) is 5.92 Å². The molecule has 1 saturated carbocycles. The predicted octanol–water partition coefficient (Wildman–Crippen LogP) is 5.77. The Labute approximate surface area is 223 Å². The Kier molecular flexibility index (Phi) is 8.38. The lowest BCUT2D eigenvalue weighted by Crippen LogP contribution is -2.42. The lowest BCUT2D eigenvalue weighted by Gasteiger charge is -2.35. The van der Waals surface area contributed by atoms with Gasteiger partial charge in [0.1, 0.15) is 11.9 Å². The summed E-state index contributed by atoms with van der Waals surface area (Å²) in [5.74, 6) is -2.85. The quantitative estimate of drug-likeness (QED) is 0.400. The molecule has 8 heteroatoms. The van der Waals surface area contributed by atoms with E-state index in [9.17, 15) is 23.1 Å². The van der Waals surface area contributed by atoms with E-state index in [1.165, 1.54) is 24.5 Å². The van der Waals surface area contributed by atoms with E-state index in [0.717, 1.165) is 50.9 Å². The minimum absolute atomic E-state index is 0.0204. The van der Waals surface area contributed by atoms with Crippen molar-refractivity contribution < 1.29 is 23.1 Å². The Morgan fingerprint density at radius 2 is 1.87 bits per heavy atom. The number of hydrogen-bond donors (Lipinski definition) is 1. The van der Waals surface area contributed by atoms with Crippen LogP contribution in [0.25, 0.3) is 0 Å². The molecule has 0 spiro atoms. The Bertz CT molecular complexity index is 1070. The number of alkyl halides is 2. The highest BCUT2D eigenvalue weighted by molar-refractivity contribution is 5.73. The van der Waals surface area contributed by atoms with E-state index in [2.05, 4.69) is 14.8 Å². The molecule has 3 atom stereocenters. The van der Waals surface area contributed by atoms with Crippen LogP contribution in [0.1, 0.15) is 62.0 Å². The van der Waals surface area contributed by atoms with Crippen LogP contribution in [-0.4, -0.2) is 64.6 Å². The molecule has 5 nitrogen and oxygen atoms in total. The van der Waals surface area contributed by atoms with Gasteiger partial charge in [0, 0.05) is 49.9 Å². The average Bonchev–Trinajstić information content (AvgIpc) is 3.65. The molecule has 1 N–H and O–H groups in total. The third kappa shape index (κ3) is 6.75. The molecule has 206 valence electrons. The number of aliphatic carboxylic acids is 1. The third-order valence-corrected chi connectivity index (χ3v) is 8.88. The molecule has 2 unspecified atom stereocenters. The van der Waals surface area contributed by atoms with Gasteiger partial charge in [0.2, 0.25) is 0 Å². The van der Waals surface area contributed by atoms with E-state index in [-0.39, 0.29) is 35.6 Å². The highest BCUT2D eigenvalue weighted by Crippen LogP contribution is 2.40. The van der Waals surface area contributed by atoms with Crippen LogP contribution >= 0.6 is 0 Å². The molecule has 3 aliphatic rings. The van der Waals surface area contributed by atoms with Crippen molar-refractivity contribution in [3.8, 4) is 0 Å². The molecule has 0 bridgehead atoms. The maximum Gasteiger partial charge on any atom is 0.320 e. The van der Waals surface area contributed by atoms with Crippen molar-refractivity contribution in [2.75, 3.05) is 32.7 Å². The van der Waals surface area contributed by atoms with Crippen molar-refractivity contribution in [3.63, 3.8) is 0 Å². The van der Waals surface area contributed by atoms with Crippen LogP contribution in [-0.2, 0) is 10.7 Å². The zero-order chi connectivity index (χ0) is 26.7. The molecule has 3 fully saturated rings. The number of carboxylic acid groups (broad SMARTS) is 1. The van der Waals surface area contributed by atoms with Crippen LogP contribution in [0.4, 0.5) is 13.2 Å². The van der Waals surface area contributed by atoms with Gasteiger partial charge in [-0.3, -0.25) is 14.7 Å². The summed E-state index contributed by atoms with van der Waals surface area (Å²) in [4.78, 5) is 20.5. The Morgan fingerprint density at radius 3 is 2.53 bits per heavy atom. The maximum absolute atomic E-state index is 14.6. The maximum atomic E-state index is 14.6. The van der Waals surface area contributed by atoms with E-state index >= 15 is 0 Å². The number of benzene rings is 1. The van der Waals surface area contributed by atoms with Gasteiger partial charge in [-0.2, -0.15) is 0 Å². The number of pyridine rings is 1. The molecule has 1 aromatic heterocycles. The number of halogens is 3. The van der Waals surface area contributed by atoms with Gasteiger partial charge in [0.05, 0.1) is 0 Å². The van der Waals surface area contributed by atoms with E-state index in [1.54, 1.807) is 18.2 Å². The number of likely N-dealkylation sites (tertiary alicyclic amines) is 2. The molecule has 0 amide bonds. The minimum Gasteiger partial charge on any atom is -0.480 e. The summed E-state index contributed by atoms with van der Waals surface area (Å²) in [6, 6.07) is 9.22. The van der Waals surface area contributed by atoms with Crippen molar-refractivity contribution in [1.29, 1.82) is 0 Å². The number of rotatable bonds is 11. The molecule has 2 aromatic rings. The molecule has 1 aromatic carbocycles. The van der Waals surface area contributed by atoms with Crippen molar-refractivity contribution in [1.82, 2.24) is 14.8 Å². The summed E-state index contributed by atoms with van der Waals surface area (Å²) >= 11 is 0. The van der Waals surface area contributed by atoms with Crippen LogP contribution in [0.2, 0.25) is 0 Å². The predicted molar refractivity (Wildman–Crippen MR) is 139 cm³/mol. The first-order valence-corrected chi connectivity index (χ1v) is 14.0. The van der Waals surface area contributed by atoms with Crippen molar-refractivity contribution >= 4 is 5.97 Å². The van der Waals surface area contributed by atoms with Gasteiger partial charge in [-0.05, 0) is 86.4 Å². The molecule has 2 saturated heterocycles. The molecular formula is C30H38F3N3O2. The van der Waals surface area contributed by atoms with E-state index in [1.807, 2.05) is 6.07 Å².